The molecule has 0 saturated heterocycles. The molecule has 1 aromatic heterocycles. The highest BCUT2D eigenvalue weighted by atomic mass is 19.4. The maximum absolute atomic E-state index is 12.2. The van der Waals surface area contributed by atoms with Crippen LogP contribution in [0.2, 0.25) is 0 Å². The van der Waals surface area contributed by atoms with E-state index >= 15 is 0 Å². The van der Waals surface area contributed by atoms with Gasteiger partial charge in [0.05, 0.1) is 11.7 Å². The lowest BCUT2D eigenvalue weighted by atomic mass is 10.1. The van der Waals surface area contributed by atoms with Crippen molar-refractivity contribution >= 4 is 29.4 Å². The smallest absolute Gasteiger partial charge is 0.387 e. The molecule has 1 atom stereocenters. The zero-order chi connectivity index (χ0) is 23.1. The van der Waals surface area contributed by atoms with Crippen LogP contribution in [-0.2, 0) is 9.53 Å². The van der Waals surface area contributed by atoms with Gasteiger partial charge in [0.2, 0.25) is 5.95 Å². The molecular weight excluding hydrogens is 429 g/mol. The van der Waals surface area contributed by atoms with Gasteiger partial charge in [-0.05, 0) is 35.9 Å². The van der Waals surface area contributed by atoms with Crippen molar-refractivity contribution in [3.05, 3.63) is 78.0 Å². The van der Waals surface area contributed by atoms with Gasteiger partial charge in [-0.3, -0.25) is 0 Å². The van der Waals surface area contributed by atoms with Crippen LogP contribution in [0.15, 0.2) is 66.9 Å². The van der Waals surface area contributed by atoms with Crippen molar-refractivity contribution in [1.29, 1.82) is 0 Å². The molecule has 0 aliphatic carbocycles. The average molecular weight is 446 g/mol. The number of carbonyl (C=O) groups is 2. The Bertz CT molecular complexity index is 1080. The maximum Gasteiger partial charge on any atom is 0.491 e. The molecule has 3 aromatic rings. The van der Waals surface area contributed by atoms with Crippen molar-refractivity contribution in [3.8, 4) is 0 Å². The number of rotatable bonds is 7. The van der Waals surface area contributed by atoms with E-state index in [0.29, 0.717) is 11.5 Å². The van der Waals surface area contributed by atoms with E-state index in [1.165, 1.54) is 30.5 Å². The minimum absolute atomic E-state index is 0.201. The lowest BCUT2D eigenvalue weighted by molar-refractivity contribution is -0.193. The Labute approximate surface area is 180 Å². The number of benzene rings is 2. The molecule has 1 heterocycles. The van der Waals surface area contributed by atoms with E-state index in [9.17, 15) is 27.9 Å². The quantitative estimate of drug-likeness (QED) is 0.373. The summed E-state index contributed by atoms with van der Waals surface area (Å²) in [6, 6.07) is 15.9. The van der Waals surface area contributed by atoms with Crippen molar-refractivity contribution in [2.45, 2.75) is 12.3 Å². The molecule has 1 unspecified atom stereocenters. The summed E-state index contributed by atoms with van der Waals surface area (Å²) in [6.45, 7) is 0.216. The third-order valence-corrected chi connectivity index (χ3v) is 4.11. The summed E-state index contributed by atoms with van der Waals surface area (Å²) in [5.74, 6) is -3.35. The number of ether oxygens (including phenoxy) is 1. The van der Waals surface area contributed by atoms with Gasteiger partial charge < -0.3 is 20.5 Å². The van der Waals surface area contributed by atoms with Crippen LogP contribution in [0.1, 0.15) is 22.0 Å². The van der Waals surface area contributed by atoms with Gasteiger partial charge in [0.1, 0.15) is 5.82 Å². The summed E-state index contributed by atoms with van der Waals surface area (Å²) in [5.41, 5.74) is 0.951. The third-order valence-electron chi connectivity index (χ3n) is 4.11. The second-order valence-electron chi connectivity index (χ2n) is 6.45. The second-order valence-corrected chi connectivity index (χ2v) is 6.45. The molecule has 0 radical (unpaired) electrons. The summed E-state index contributed by atoms with van der Waals surface area (Å²) >= 11 is 0. The van der Waals surface area contributed by atoms with E-state index in [-0.39, 0.29) is 18.1 Å². The van der Waals surface area contributed by atoms with E-state index in [2.05, 4.69) is 25.3 Å². The Hall–Kier alpha value is -3.99. The van der Waals surface area contributed by atoms with Crippen LogP contribution < -0.4 is 10.6 Å². The molecule has 3 N–H and O–H groups in total. The SMILES string of the molecule is O=C(OC(=O)C(F)(F)F)c1ccc(Nc2nccc(NCC(O)c3ccccc3)n2)cc1. The molecule has 3 rings (SSSR count). The number of alkyl halides is 3. The number of aliphatic hydroxyl groups is 1. The van der Waals surface area contributed by atoms with Crippen LogP contribution in [-0.4, -0.2) is 39.7 Å². The maximum atomic E-state index is 12.2. The molecule has 0 amide bonds. The number of hydrogen-bond donors (Lipinski definition) is 3. The van der Waals surface area contributed by atoms with Gasteiger partial charge in [-0.25, -0.2) is 14.6 Å². The highest BCUT2D eigenvalue weighted by molar-refractivity contribution is 5.98. The van der Waals surface area contributed by atoms with Crippen molar-refractivity contribution in [2.24, 2.45) is 0 Å². The summed E-state index contributed by atoms with van der Waals surface area (Å²) in [5, 5.41) is 16.1. The van der Waals surface area contributed by atoms with Gasteiger partial charge in [-0.15, -0.1) is 0 Å². The molecule has 11 heteroatoms. The van der Waals surface area contributed by atoms with E-state index in [4.69, 9.17) is 0 Å². The number of anilines is 3. The molecule has 32 heavy (non-hydrogen) atoms. The van der Waals surface area contributed by atoms with Gasteiger partial charge in [-0.2, -0.15) is 18.2 Å². The molecule has 0 bridgehead atoms. The fourth-order valence-electron chi connectivity index (χ4n) is 2.53. The van der Waals surface area contributed by atoms with Crippen LogP contribution in [0.5, 0.6) is 0 Å². The normalized spacial score (nSPS) is 12.0. The first kappa shape index (κ1) is 22.7. The second kappa shape index (κ2) is 9.88. The Morgan fingerprint density at radius 1 is 1.03 bits per heavy atom. The number of aliphatic hydroxyl groups excluding tert-OH is 1. The van der Waals surface area contributed by atoms with Crippen molar-refractivity contribution in [1.82, 2.24) is 9.97 Å². The molecule has 0 spiro atoms. The lowest BCUT2D eigenvalue weighted by Gasteiger charge is -2.13. The number of aromatic nitrogens is 2. The fourth-order valence-corrected chi connectivity index (χ4v) is 2.53. The first-order valence-electron chi connectivity index (χ1n) is 9.23. The molecular formula is C21H17F3N4O4. The van der Waals surface area contributed by atoms with Crippen LogP contribution in [0, 0.1) is 0 Å². The summed E-state index contributed by atoms with van der Waals surface area (Å²) in [4.78, 5) is 30.7. The Kier molecular flexibility index (Phi) is 7.00. The molecule has 0 fully saturated rings. The predicted octanol–water partition coefficient (Wildman–Crippen LogP) is 3.61. The number of esters is 2. The molecule has 0 aliphatic rings. The van der Waals surface area contributed by atoms with Crippen molar-refractivity contribution < 1.29 is 32.6 Å². The van der Waals surface area contributed by atoms with Gasteiger partial charge in [0.25, 0.3) is 0 Å². The third kappa shape index (κ3) is 6.25. The number of nitrogens with one attached hydrogen (secondary N) is 2. The first-order chi connectivity index (χ1) is 15.2. The Morgan fingerprint density at radius 2 is 1.72 bits per heavy atom. The monoisotopic (exact) mass is 446 g/mol. The molecule has 0 saturated carbocycles. The largest absolute Gasteiger partial charge is 0.491 e. The van der Waals surface area contributed by atoms with Crippen LogP contribution in [0.4, 0.5) is 30.6 Å². The minimum Gasteiger partial charge on any atom is -0.387 e. The van der Waals surface area contributed by atoms with E-state index in [0.717, 1.165) is 5.56 Å². The Balaban J connectivity index is 1.58. The summed E-state index contributed by atoms with van der Waals surface area (Å²) in [7, 11) is 0. The predicted molar refractivity (Wildman–Crippen MR) is 108 cm³/mol. The van der Waals surface area contributed by atoms with E-state index in [1.807, 2.05) is 18.2 Å². The van der Waals surface area contributed by atoms with Crippen molar-refractivity contribution in [2.75, 3.05) is 17.2 Å². The molecule has 8 nitrogen and oxygen atoms in total. The highest BCUT2D eigenvalue weighted by Gasteiger charge is 2.42. The first-order valence-corrected chi connectivity index (χ1v) is 9.23. The standard InChI is InChI=1S/C21H17F3N4O4/c22-21(23,24)19(31)32-18(30)14-6-8-15(9-7-14)27-20-25-11-10-17(28-20)26-12-16(29)13-4-2-1-3-5-13/h1-11,16,29H,12H2,(H2,25,26,27,28). The molecule has 2 aromatic carbocycles. The number of halogens is 3. The average Bonchev–Trinajstić information content (AvgIpc) is 2.78. The number of carbonyl (C=O) groups excluding carboxylic acids is 2. The summed E-state index contributed by atoms with van der Waals surface area (Å²) < 4.78 is 40.3. The lowest BCUT2D eigenvalue weighted by Crippen LogP contribution is -2.28. The molecule has 166 valence electrons. The minimum atomic E-state index is -5.26. The summed E-state index contributed by atoms with van der Waals surface area (Å²) in [6.07, 6.45) is -4.51. The van der Waals surface area contributed by atoms with Crippen LogP contribution in [0.25, 0.3) is 0 Å². The van der Waals surface area contributed by atoms with Gasteiger partial charge in [0, 0.05) is 18.4 Å². The van der Waals surface area contributed by atoms with E-state index in [1.54, 1.807) is 18.2 Å². The molecule has 0 aliphatic heterocycles. The van der Waals surface area contributed by atoms with Crippen LogP contribution in [0.3, 0.4) is 0 Å². The highest BCUT2D eigenvalue weighted by Crippen LogP contribution is 2.20. The van der Waals surface area contributed by atoms with E-state index < -0.39 is 24.2 Å². The van der Waals surface area contributed by atoms with Gasteiger partial charge in [0.15, 0.2) is 0 Å². The van der Waals surface area contributed by atoms with Gasteiger partial charge >= 0.3 is 18.1 Å². The van der Waals surface area contributed by atoms with Crippen molar-refractivity contribution in [3.63, 3.8) is 0 Å². The number of hydrogen-bond acceptors (Lipinski definition) is 8. The number of nitrogens with zero attached hydrogens (tertiary/aromatic N) is 2. The fraction of sp³-hybridized carbons (Fsp3) is 0.143. The topological polar surface area (TPSA) is 113 Å². The zero-order valence-corrected chi connectivity index (χ0v) is 16.3. The van der Waals surface area contributed by atoms with Gasteiger partial charge in [-0.1, -0.05) is 30.3 Å². The zero-order valence-electron chi connectivity index (χ0n) is 16.3. The Morgan fingerprint density at radius 3 is 2.38 bits per heavy atom. The van der Waals surface area contributed by atoms with Crippen LogP contribution >= 0.6 is 0 Å².